The van der Waals surface area contributed by atoms with Crippen molar-refractivity contribution in [2.75, 3.05) is 0 Å². The first-order chi connectivity index (χ1) is 22.8. The maximum Gasteiger partial charge on any atom is 0.227 e. The molecule has 9 aromatic rings. The van der Waals surface area contributed by atoms with Gasteiger partial charge >= 0.3 is 0 Å². The Balaban J connectivity index is 1.22. The van der Waals surface area contributed by atoms with E-state index >= 15 is 0 Å². The second-order valence-corrected chi connectivity index (χ2v) is 11.3. The van der Waals surface area contributed by atoms with Crippen molar-refractivity contribution in [3.05, 3.63) is 152 Å². The summed E-state index contributed by atoms with van der Waals surface area (Å²) in [4.78, 5) is 18.2. The van der Waals surface area contributed by atoms with Gasteiger partial charge in [-0.2, -0.15) is 0 Å². The number of hydrogen-bond donors (Lipinski definition) is 0. The number of rotatable bonds is 5. The van der Waals surface area contributed by atoms with Crippen molar-refractivity contribution in [2.45, 2.75) is 0 Å². The maximum atomic E-state index is 6.18. The summed E-state index contributed by atoms with van der Waals surface area (Å²) in [5.74, 6) is 0.600. The minimum Gasteiger partial charge on any atom is -0.436 e. The highest BCUT2D eigenvalue weighted by Crippen LogP contribution is 2.38. The second kappa shape index (κ2) is 10.6. The summed E-state index contributed by atoms with van der Waals surface area (Å²) < 4.78 is 8.50. The van der Waals surface area contributed by atoms with Gasteiger partial charge in [0.05, 0.1) is 16.7 Å². The van der Waals surface area contributed by atoms with Crippen LogP contribution in [0.2, 0.25) is 0 Å². The molecule has 5 heterocycles. The first-order valence-corrected chi connectivity index (χ1v) is 15.1. The minimum absolute atomic E-state index is 0.600. The third kappa shape index (κ3) is 4.43. The van der Waals surface area contributed by atoms with E-state index in [1.165, 1.54) is 0 Å². The molecule has 0 aliphatic carbocycles. The Kier molecular flexibility index (Phi) is 6.03. The summed E-state index contributed by atoms with van der Waals surface area (Å²) in [6, 6.07) is 41.7. The quantitative estimate of drug-likeness (QED) is 0.199. The van der Waals surface area contributed by atoms with E-state index in [0.717, 1.165) is 77.7 Å². The van der Waals surface area contributed by atoms with Crippen LogP contribution < -0.4 is 0 Å². The van der Waals surface area contributed by atoms with Crippen LogP contribution in [0.4, 0.5) is 0 Å². The normalized spacial score (nSPS) is 11.5. The van der Waals surface area contributed by atoms with Gasteiger partial charge in [-0.05, 0) is 72.3 Å². The molecule has 0 radical (unpaired) electrons. The van der Waals surface area contributed by atoms with Gasteiger partial charge < -0.3 is 8.98 Å². The number of para-hydroxylation sites is 2. The van der Waals surface area contributed by atoms with E-state index in [2.05, 4.69) is 93.4 Å². The van der Waals surface area contributed by atoms with E-state index < -0.39 is 0 Å². The van der Waals surface area contributed by atoms with Crippen LogP contribution in [-0.2, 0) is 0 Å². The summed E-state index contributed by atoms with van der Waals surface area (Å²) in [7, 11) is 0. The third-order valence-corrected chi connectivity index (χ3v) is 8.46. The standard InChI is InChI=1S/C40H25N5O/c1-2-11-39-36(10-1)44-40(46-39)28-12-15-33-34-21-26(29-7-4-18-41-23-29)14-17-37(34)45(38(33)22-28)32-9-3-6-27(20-32)35-16-13-31(25-43-35)30-8-5-19-42-24-30/h1-25H. The molecule has 0 spiro atoms. The van der Waals surface area contributed by atoms with E-state index in [1.54, 1.807) is 12.4 Å². The molecule has 6 heteroatoms. The summed E-state index contributed by atoms with van der Waals surface area (Å²) in [5, 5.41) is 2.30. The number of benzene rings is 4. The van der Waals surface area contributed by atoms with E-state index in [0.29, 0.717) is 5.89 Å². The number of fused-ring (bicyclic) bond motifs is 4. The first kappa shape index (κ1) is 26.0. The van der Waals surface area contributed by atoms with Gasteiger partial charge in [-0.25, -0.2) is 4.98 Å². The topological polar surface area (TPSA) is 69.6 Å². The van der Waals surface area contributed by atoms with Crippen LogP contribution in [0.5, 0.6) is 0 Å². The average molecular weight is 592 g/mol. The molecule has 0 saturated carbocycles. The van der Waals surface area contributed by atoms with Gasteiger partial charge in [0.1, 0.15) is 5.52 Å². The molecule has 0 N–H and O–H groups in total. The average Bonchev–Trinajstić information content (AvgIpc) is 3.71. The van der Waals surface area contributed by atoms with Gasteiger partial charge in [0, 0.05) is 75.3 Å². The highest BCUT2D eigenvalue weighted by atomic mass is 16.3. The Morgan fingerprint density at radius 2 is 1.26 bits per heavy atom. The van der Waals surface area contributed by atoms with Crippen molar-refractivity contribution in [1.82, 2.24) is 24.5 Å². The van der Waals surface area contributed by atoms with Crippen LogP contribution in [-0.4, -0.2) is 24.5 Å². The van der Waals surface area contributed by atoms with Crippen LogP contribution in [0.25, 0.3) is 83.6 Å². The number of oxazole rings is 1. The van der Waals surface area contributed by atoms with Crippen LogP contribution in [0, 0.1) is 0 Å². The molecule has 46 heavy (non-hydrogen) atoms. The van der Waals surface area contributed by atoms with Gasteiger partial charge in [0.15, 0.2) is 5.58 Å². The van der Waals surface area contributed by atoms with Gasteiger partial charge in [0.25, 0.3) is 0 Å². The second-order valence-electron chi connectivity index (χ2n) is 11.3. The molecule has 4 aromatic carbocycles. The van der Waals surface area contributed by atoms with E-state index in [-0.39, 0.29) is 0 Å². The molecular weight excluding hydrogens is 566 g/mol. The van der Waals surface area contributed by atoms with Gasteiger partial charge in [-0.15, -0.1) is 0 Å². The van der Waals surface area contributed by atoms with Crippen molar-refractivity contribution in [3.8, 4) is 50.7 Å². The molecule has 0 aliphatic heterocycles. The first-order valence-electron chi connectivity index (χ1n) is 15.1. The Bertz CT molecular complexity index is 2480. The smallest absolute Gasteiger partial charge is 0.227 e. The Hall–Kier alpha value is -6.40. The lowest BCUT2D eigenvalue weighted by Gasteiger charge is -2.11. The molecule has 0 unspecified atom stereocenters. The van der Waals surface area contributed by atoms with Crippen molar-refractivity contribution in [1.29, 1.82) is 0 Å². The fourth-order valence-electron chi connectivity index (χ4n) is 6.21. The highest BCUT2D eigenvalue weighted by molar-refractivity contribution is 6.11. The third-order valence-electron chi connectivity index (χ3n) is 8.46. The molecule has 0 amide bonds. The van der Waals surface area contributed by atoms with Crippen LogP contribution in [0.3, 0.4) is 0 Å². The lowest BCUT2D eigenvalue weighted by Crippen LogP contribution is -1.95. The number of aromatic nitrogens is 5. The van der Waals surface area contributed by atoms with Crippen molar-refractivity contribution >= 4 is 32.9 Å². The summed E-state index contributed by atoms with van der Waals surface area (Å²) in [6.07, 6.45) is 9.25. The van der Waals surface area contributed by atoms with Gasteiger partial charge in [-0.3, -0.25) is 15.0 Å². The monoisotopic (exact) mass is 591 g/mol. The van der Waals surface area contributed by atoms with E-state index in [1.807, 2.05) is 61.1 Å². The predicted molar refractivity (Wildman–Crippen MR) is 183 cm³/mol. The van der Waals surface area contributed by atoms with Crippen molar-refractivity contribution < 1.29 is 4.42 Å². The lowest BCUT2D eigenvalue weighted by atomic mass is 10.0. The number of hydrogen-bond acceptors (Lipinski definition) is 5. The molecule has 0 atom stereocenters. The molecule has 9 rings (SSSR count). The van der Waals surface area contributed by atoms with E-state index in [9.17, 15) is 0 Å². The molecule has 0 aliphatic rings. The zero-order chi connectivity index (χ0) is 30.5. The molecule has 0 fully saturated rings. The summed E-state index contributed by atoms with van der Waals surface area (Å²) in [6.45, 7) is 0. The van der Waals surface area contributed by atoms with Crippen LogP contribution >= 0.6 is 0 Å². The minimum atomic E-state index is 0.600. The Morgan fingerprint density at radius 3 is 2.04 bits per heavy atom. The molecule has 6 nitrogen and oxygen atoms in total. The molecular formula is C40H25N5O. The summed E-state index contributed by atoms with van der Waals surface area (Å²) >= 11 is 0. The zero-order valence-corrected chi connectivity index (χ0v) is 24.6. The molecule has 216 valence electrons. The fourth-order valence-corrected chi connectivity index (χ4v) is 6.21. The molecule has 0 bridgehead atoms. The fraction of sp³-hybridized carbons (Fsp3) is 0. The van der Waals surface area contributed by atoms with Crippen LogP contribution in [0.15, 0.2) is 157 Å². The zero-order valence-electron chi connectivity index (χ0n) is 24.6. The SMILES string of the molecule is c1cncc(-c2ccc(-c3cccc(-n4c5ccc(-c6cccnc6)cc5c5ccc(-c6nc7ccccc7o6)cc54)c3)nc2)c1. The number of pyridine rings is 3. The van der Waals surface area contributed by atoms with Gasteiger partial charge in [-0.1, -0.05) is 54.6 Å². The molecule has 0 saturated heterocycles. The Labute approximate surface area is 264 Å². The van der Waals surface area contributed by atoms with Gasteiger partial charge in [0.2, 0.25) is 5.89 Å². The number of nitrogens with zero attached hydrogens (tertiary/aromatic N) is 5. The van der Waals surface area contributed by atoms with Crippen molar-refractivity contribution in [3.63, 3.8) is 0 Å². The van der Waals surface area contributed by atoms with Crippen molar-refractivity contribution in [2.24, 2.45) is 0 Å². The maximum absolute atomic E-state index is 6.18. The lowest BCUT2D eigenvalue weighted by molar-refractivity contribution is 0.620. The Morgan fingerprint density at radius 1 is 0.500 bits per heavy atom. The molecule has 5 aromatic heterocycles. The van der Waals surface area contributed by atoms with Crippen LogP contribution in [0.1, 0.15) is 0 Å². The van der Waals surface area contributed by atoms with E-state index in [4.69, 9.17) is 14.4 Å². The predicted octanol–water partition coefficient (Wildman–Crippen LogP) is 9.78. The highest BCUT2D eigenvalue weighted by Gasteiger charge is 2.17. The summed E-state index contributed by atoms with van der Waals surface area (Å²) in [5.41, 5.74) is 12.0. The largest absolute Gasteiger partial charge is 0.436 e.